The third-order valence-corrected chi connectivity index (χ3v) is 3.44. The lowest BCUT2D eigenvalue weighted by Crippen LogP contribution is -2.35. The van der Waals surface area contributed by atoms with Crippen molar-refractivity contribution in [2.24, 2.45) is 0 Å². The number of aromatic nitrogens is 2. The highest BCUT2D eigenvalue weighted by Crippen LogP contribution is 2.30. The molecule has 0 saturated carbocycles. The van der Waals surface area contributed by atoms with Crippen LogP contribution in [-0.2, 0) is 9.53 Å². The SMILES string of the molecule is CC(=O)N[C@H]1CCO[C@@H]1c1ccnn1-c1ccccc1. The number of hydrogen-bond acceptors (Lipinski definition) is 3. The lowest BCUT2D eigenvalue weighted by Gasteiger charge is -2.20. The summed E-state index contributed by atoms with van der Waals surface area (Å²) in [5.41, 5.74) is 1.96. The van der Waals surface area contributed by atoms with Crippen LogP contribution >= 0.6 is 0 Å². The van der Waals surface area contributed by atoms with Crippen molar-refractivity contribution in [3.63, 3.8) is 0 Å². The maximum Gasteiger partial charge on any atom is 0.217 e. The Morgan fingerprint density at radius 2 is 2.15 bits per heavy atom. The van der Waals surface area contributed by atoms with Crippen molar-refractivity contribution in [2.75, 3.05) is 6.61 Å². The fourth-order valence-corrected chi connectivity index (χ4v) is 2.60. The normalized spacial score (nSPS) is 21.9. The number of amides is 1. The molecule has 2 heterocycles. The van der Waals surface area contributed by atoms with Crippen LogP contribution in [0.4, 0.5) is 0 Å². The molecule has 2 aromatic rings. The van der Waals surface area contributed by atoms with Crippen molar-refractivity contribution in [1.29, 1.82) is 0 Å². The Labute approximate surface area is 117 Å². The lowest BCUT2D eigenvalue weighted by atomic mass is 10.1. The molecular weight excluding hydrogens is 254 g/mol. The summed E-state index contributed by atoms with van der Waals surface area (Å²) in [4.78, 5) is 11.3. The molecule has 0 radical (unpaired) electrons. The van der Waals surface area contributed by atoms with Crippen LogP contribution in [0, 0.1) is 0 Å². The maximum atomic E-state index is 11.3. The number of nitrogens with one attached hydrogen (secondary N) is 1. The Bertz CT molecular complexity index is 594. The lowest BCUT2D eigenvalue weighted by molar-refractivity contribution is -0.120. The molecule has 0 unspecified atom stereocenters. The molecule has 1 amide bonds. The second kappa shape index (κ2) is 5.46. The van der Waals surface area contributed by atoms with Gasteiger partial charge in [0, 0.05) is 19.7 Å². The molecular formula is C15H17N3O2. The van der Waals surface area contributed by atoms with Gasteiger partial charge in [0.25, 0.3) is 0 Å². The van der Waals surface area contributed by atoms with E-state index in [9.17, 15) is 4.79 Å². The minimum absolute atomic E-state index is 0.00617. The van der Waals surface area contributed by atoms with Gasteiger partial charge in [0.1, 0.15) is 6.10 Å². The van der Waals surface area contributed by atoms with Crippen molar-refractivity contribution in [3.8, 4) is 5.69 Å². The first-order valence-electron chi connectivity index (χ1n) is 6.74. The van der Waals surface area contributed by atoms with Gasteiger partial charge in [0.2, 0.25) is 5.91 Å². The highest BCUT2D eigenvalue weighted by atomic mass is 16.5. The number of ether oxygens (including phenoxy) is 1. The van der Waals surface area contributed by atoms with E-state index in [-0.39, 0.29) is 18.1 Å². The quantitative estimate of drug-likeness (QED) is 0.926. The molecule has 1 aliphatic rings. The van der Waals surface area contributed by atoms with Gasteiger partial charge in [-0.2, -0.15) is 5.10 Å². The third-order valence-electron chi connectivity index (χ3n) is 3.44. The Morgan fingerprint density at radius 1 is 1.35 bits per heavy atom. The first-order chi connectivity index (χ1) is 9.75. The number of para-hydroxylation sites is 1. The Hall–Kier alpha value is -2.14. The molecule has 1 aromatic heterocycles. The maximum absolute atomic E-state index is 11.3. The highest BCUT2D eigenvalue weighted by molar-refractivity contribution is 5.73. The van der Waals surface area contributed by atoms with Gasteiger partial charge in [-0.15, -0.1) is 0 Å². The Morgan fingerprint density at radius 3 is 2.90 bits per heavy atom. The first kappa shape index (κ1) is 12.9. The zero-order valence-corrected chi connectivity index (χ0v) is 11.3. The molecule has 1 N–H and O–H groups in total. The molecule has 1 fully saturated rings. The second-order valence-electron chi connectivity index (χ2n) is 4.89. The van der Waals surface area contributed by atoms with Crippen LogP contribution < -0.4 is 5.32 Å². The monoisotopic (exact) mass is 271 g/mol. The van der Waals surface area contributed by atoms with E-state index in [0.717, 1.165) is 17.8 Å². The average Bonchev–Trinajstić information content (AvgIpc) is 3.07. The molecule has 1 aliphatic heterocycles. The number of carbonyl (C=O) groups excluding carboxylic acids is 1. The second-order valence-corrected chi connectivity index (χ2v) is 4.89. The Balaban J connectivity index is 1.91. The molecule has 2 atom stereocenters. The van der Waals surface area contributed by atoms with Gasteiger partial charge in [0.15, 0.2) is 0 Å². The summed E-state index contributed by atoms with van der Waals surface area (Å²) in [7, 11) is 0. The molecule has 0 spiro atoms. The number of nitrogens with zero attached hydrogens (tertiary/aromatic N) is 2. The van der Waals surface area contributed by atoms with E-state index in [1.165, 1.54) is 6.92 Å². The van der Waals surface area contributed by atoms with Gasteiger partial charge < -0.3 is 10.1 Å². The fraction of sp³-hybridized carbons (Fsp3) is 0.333. The molecule has 20 heavy (non-hydrogen) atoms. The zero-order chi connectivity index (χ0) is 13.9. The molecule has 0 bridgehead atoms. The van der Waals surface area contributed by atoms with Gasteiger partial charge in [-0.1, -0.05) is 18.2 Å². The van der Waals surface area contributed by atoms with Crippen molar-refractivity contribution in [1.82, 2.24) is 15.1 Å². The van der Waals surface area contributed by atoms with Gasteiger partial charge in [-0.05, 0) is 24.6 Å². The summed E-state index contributed by atoms with van der Waals surface area (Å²) in [6, 6.07) is 11.9. The molecule has 1 saturated heterocycles. The molecule has 5 heteroatoms. The standard InChI is InChI=1S/C15H17N3O2/c1-11(19)17-13-8-10-20-15(13)14-7-9-16-18(14)12-5-3-2-4-6-12/h2-7,9,13,15H,8,10H2,1H3,(H,17,19)/t13-,15-/m0/s1. The summed E-state index contributed by atoms with van der Waals surface area (Å²) in [6.07, 6.45) is 2.43. The van der Waals surface area contributed by atoms with Gasteiger partial charge in [0.05, 0.1) is 17.4 Å². The topological polar surface area (TPSA) is 56.1 Å². The summed E-state index contributed by atoms with van der Waals surface area (Å²) in [5, 5.41) is 7.32. The first-order valence-corrected chi connectivity index (χ1v) is 6.74. The van der Waals surface area contributed by atoms with Crippen LogP contribution in [0.5, 0.6) is 0 Å². The fourth-order valence-electron chi connectivity index (χ4n) is 2.60. The molecule has 0 aliphatic carbocycles. The van der Waals surface area contributed by atoms with Crippen LogP contribution in [0.15, 0.2) is 42.6 Å². The van der Waals surface area contributed by atoms with Crippen LogP contribution in [0.25, 0.3) is 5.69 Å². The van der Waals surface area contributed by atoms with E-state index >= 15 is 0 Å². The molecule has 104 valence electrons. The van der Waals surface area contributed by atoms with E-state index in [1.807, 2.05) is 41.1 Å². The predicted molar refractivity (Wildman–Crippen MR) is 74.5 cm³/mol. The van der Waals surface area contributed by atoms with E-state index < -0.39 is 0 Å². The number of benzene rings is 1. The summed E-state index contributed by atoms with van der Waals surface area (Å²) in [6.45, 7) is 2.18. The van der Waals surface area contributed by atoms with Crippen molar-refractivity contribution in [3.05, 3.63) is 48.3 Å². The van der Waals surface area contributed by atoms with Crippen molar-refractivity contribution in [2.45, 2.75) is 25.5 Å². The molecule has 1 aromatic carbocycles. The van der Waals surface area contributed by atoms with Crippen molar-refractivity contribution >= 4 is 5.91 Å². The van der Waals surface area contributed by atoms with E-state index in [0.29, 0.717) is 6.61 Å². The average molecular weight is 271 g/mol. The van der Waals surface area contributed by atoms with Gasteiger partial charge in [-0.3, -0.25) is 4.79 Å². The minimum atomic E-state index is -0.151. The molecule has 3 rings (SSSR count). The smallest absolute Gasteiger partial charge is 0.217 e. The van der Waals surface area contributed by atoms with Crippen LogP contribution in [0.3, 0.4) is 0 Å². The predicted octanol–water partition coefficient (Wildman–Crippen LogP) is 1.84. The molecule has 5 nitrogen and oxygen atoms in total. The van der Waals surface area contributed by atoms with Gasteiger partial charge in [-0.25, -0.2) is 4.68 Å². The summed E-state index contributed by atoms with van der Waals surface area (Å²) >= 11 is 0. The number of hydrogen-bond donors (Lipinski definition) is 1. The number of rotatable bonds is 3. The minimum Gasteiger partial charge on any atom is -0.370 e. The van der Waals surface area contributed by atoms with Gasteiger partial charge >= 0.3 is 0 Å². The zero-order valence-electron chi connectivity index (χ0n) is 11.3. The third kappa shape index (κ3) is 2.44. The van der Waals surface area contributed by atoms with E-state index in [1.54, 1.807) is 6.20 Å². The summed E-state index contributed by atoms with van der Waals surface area (Å²) < 4.78 is 7.66. The van der Waals surface area contributed by atoms with E-state index in [4.69, 9.17) is 4.74 Å². The largest absolute Gasteiger partial charge is 0.370 e. The van der Waals surface area contributed by atoms with E-state index in [2.05, 4.69) is 10.4 Å². The summed E-state index contributed by atoms with van der Waals surface area (Å²) in [5.74, 6) is -0.0312. The van der Waals surface area contributed by atoms with Crippen molar-refractivity contribution < 1.29 is 9.53 Å². The number of carbonyl (C=O) groups is 1. The Kier molecular flexibility index (Phi) is 3.52. The highest BCUT2D eigenvalue weighted by Gasteiger charge is 2.32. The van der Waals surface area contributed by atoms with Crippen LogP contribution in [0.1, 0.15) is 25.1 Å². The van der Waals surface area contributed by atoms with Crippen LogP contribution in [-0.4, -0.2) is 28.3 Å². The van der Waals surface area contributed by atoms with Crippen LogP contribution in [0.2, 0.25) is 0 Å².